The van der Waals surface area contributed by atoms with Gasteiger partial charge in [-0.15, -0.1) is 0 Å². The molecule has 1 fully saturated rings. The van der Waals surface area contributed by atoms with Crippen molar-refractivity contribution in [2.75, 3.05) is 32.8 Å². The summed E-state index contributed by atoms with van der Waals surface area (Å²) in [6.07, 6.45) is 0.795. The fraction of sp³-hybridized carbons (Fsp3) is 0.429. The van der Waals surface area contributed by atoms with Gasteiger partial charge in [-0.1, -0.05) is 26.0 Å². The smallest absolute Gasteiger partial charge is 0.295 e. The minimum absolute atomic E-state index is 0.0642. The van der Waals surface area contributed by atoms with Gasteiger partial charge in [-0.3, -0.25) is 9.59 Å². The number of ether oxygens (including phenoxy) is 2. The van der Waals surface area contributed by atoms with Crippen LogP contribution < -0.4 is 9.47 Å². The summed E-state index contributed by atoms with van der Waals surface area (Å²) >= 11 is 0. The number of hydrogen-bond donors (Lipinski definition) is 1. The van der Waals surface area contributed by atoms with Crippen molar-refractivity contribution in [1.29, 1.82) is 0 Å². The van der Waals surface area contributed by atoms with Crippen molar-refractivity contribution in [1.82, 2.24) is 9.80 Å². The van der Waals surface area contributed by atoms with Crippen LogP contribution in [0.15, 0.2) is 48.0 Å². The quantitative estimate of drug-likeness (QED) is 0.331. The molecule has 7 nitrogen and oxygen atoms in total. The van der Waals surface area contributed by atoms with Crippen molar-refractivity contribution in [3.8, 4) is 11.5 Å². The maximum absolute atomic E-state index is 13.3. The van der Waals surface area contributed by atoms with E-state index in [-0.39, 0.29) is 17.4 Å². The Hall–Kier alpha value is -3.32. The van der Waals surface area contributed by atoms with E-state index in [2.05, 4.69) is 18.7 Å². The van der Waals surface area contributed by atoms with Crippen molar-refractivity contribution in [3.05, 3.63) is 64.7 Å². The van der Waals surface area contributed by atoms with Crippen LogP contribution in [-0.2, 0) is 16.0 Å². The highest BCUT2D eigenvalue weighted by molar-refractivity contribution is 6.46. The standard InChI is InChI=1S/C28H34N2O5/c1-5-29(6-2)13-14-30-25(19-9-8-10-22(17-19)34-7-3)24(27(32)28(30)33)26(31)20-11-12-23-21(16-20)15-18(4)35-23/h8-12,16-18,25,31H,5-7,13-15H2,1-4H3/b26-24+/t18-,25+/m1/s1. The van der Waals surface area contributed by atoms with Crippen LogP contribution in [0, 0.1) is 0 Å². The molecule has 4 rings (SSSR count). The molecular weight excluding hydrogens is 444 g/mol. The van der Waals surface area contributed by atoms with Gasteiger partial charge < -0.3 is 24.4 Å². The number of hydrogen-bond acceptors (Lipinski definition) is 6. The van der Waals surface area contributed by atoms with Crippen LogP contribution in [0.2, 0.25) is 0 Å². The van der Waals surface area contributed by atoms with Crippen LogP contribution in [0.25, 0.3) is 5.76 Å². The Morgan fingerprint density at radius 1 is 1.14 bits per heavy atom. The summed E-state index contributed by atoms with van der Waals surface area (Å²) in [6.45, 7) is 11.2. The van der Waals surface area contributed by atoms with E-state index in [1.807, 2.05) is 50.2 Å². The Morgan fingerprint density at radius 2 is 1.91 bits per heavy atom. The van der Waals surface area contributed by atoms with Crippen LogP contribution in [-0.4, -0.2) is 65.5 Å². The Labute approximate surface area is 206 Å². The normalized spacial score (nSPS) is 20.9. The highest BCUT2D eigenvalue weighted by atomic mass is 16.5. The number of likely N-dealkylation sites (tertiary alicyclic amines) is 1. The zero-order valence-corrected chi connectivity index (χ0v) is 20.9. The van der Waals surface area contributed by atoms with Crippen LogP contribution in [0.4, 0.5) is 0 Å². The molecule has 0 aromatic heterocycles. The van der Waals surface area contributed by atoms with Gasteiger partial charge >= 0.3 is 0 Å². The summed E-state index contributed by atoms with van der Waals surface area (Å²) < 4.78 is 11.5. The number of likely N-dealkylation sites (N-methyl/N-ethyl adjacent to an activating group) is 1. The van der Waals surface area contributed by atoms with Crippen molar-refractivity contribution >= 4 is 17.4 Å². The Bertz CT molecular complexity index is 1140. The molecule has 0 spiro atoms. The van der Waals surface area contributed by atoms with Crippen molar-refractivity contribution in [3.63, 3.8) is 0 Å². The summed E-state index contributed by atoms with van der Waals surface area (Å²) in [5.74, 6) is 0.0168. The number of benzene rings is 2. The first-order valence-corrected chi connectivity index (χ1v) is 12.4. The summed E-state index contributed by atoms with van der Waals surface area (Å²) in [4.78, 5) is 30.3. The molecule has 2 heterocycles. The van der Waals surface area contributed by atoms with E-state index >= 15 is 0 Å². The minimum Gasteiger partial charge on any atom is -0.507 e. The van der Waals surface area contributed by atoms with E-state index < -0.39 is 17.7 Å². The Morgan fingerprint density at radius 3 is 2.63 bits per heavy atom. The Balaban J connectivity index is 1.79. The molecule has 1 saturated heterocycles. The van der Waals surface area contributed by atoms with Gasteiger partial charge in [0, 0.05) is 25.1 Å². The predicted octanol–water partition coefficient (Wildman–Crippen LogP) is 4.17. The molecule has 0 unspecified atom stereocenters. The first-order valence-electron chi connectivity index (χ1n) is 12.4. The van der Waals surface area contributed by atoms with Gasteiger partial charge in [-0.2, -0.15) is 0 Å². The molecule has 35 heavy (non-hydrogen) atoms. The predicted molar refractivity (Wildman–Crippen MR) is 135 cm³/mol. The third-order valence-corrected chi connectivity index (χ3v) is 6.75. The maximum atomic E-state index is 13.3. The number of nitrogens with zero attached hydrogens (tertiary/aromatic N) is 2. The molecule has 1 amide bonds. The largest absolute Gasteiger partial charge is 0.507 e. The van der Waals surface area contributed by atoms with E-state index in [0.717, 1.165) is 36.4 Å². The molecule has 7 heteroatoms. The highest BCUT2D eigenvalue weighted by Crippen LogP contribution is 2.41. The van der Waals surface area contributed by atoms with Gasteiger partial charge in [0.05, 0.1) is 18.2 Å². The minimum atomic E-state index is -0.700. The molecule has 2 aliphatic rings. The molecule has 0 saturated carbocycles. The molecule has 0 aliphatic carbocycles. The summed E-state index contributed by atoms with van der Waals surface area (Å²) in [6, 6.07) is 12.1. The number of fused-ring (bicyclic) bond motifs is 1. The zero-order chi connectivity index (χ0) is 25.1. The lowest BCUT2D eigenvalue weighted by Gasteiger charge is -2.28. The van der Waals surface area contributed by atoms with Gasteiger partial charge in [-0.05, 0) is 68.4 Å². The van der Waals surface area contributed by atoms with E-state index in [9.17, 15) is 14.7 Å². The Kier molecular flexibility index (Phi) is 7.45. The number of Topliss-reactive ketones (excluding diaryl/α,β-unsaturated/α-hetero) is 1. The lowest BCUT2D eigenvalue weighted by atomic mass is 9.94. The molecule has 2 aromatic carbocycles. The van der Waals surface area contributed by atoms with E-state index in [4.69, 9.17) is 9.47 Å². The third-order valence-electron chi connectivity index (χ3n) is 6.75. The average molecular weight is 479 g/mol. The topological polar surface area (TPSA) is 79.3 Å². The second-order valence-corrected chi connectivity index (χ2v) is 8.98. The number of aliphatic hydroxyl groups excluding tert-OH is 1. The number of amides is 1. The number of carbonyl (C=O) groups excluding carboxylic acids is 2. The van der Waals surface area contributed by atoms with Gasteiger partial charge in [0.2, 0.25) is 0 Å². The lowest BCUT2D eigenvalue weighted by Crippen LogP contribution is -2.38. The first-order chi connectivity index (χ1) is 16.9. The van der Waals surface area contributed by atoms with E-state index in [1.54, 1.807) is 11.0 Å². The maximum Gasteiger partial charge on any atom is 0.295 e. The molecule has 2 atom stereocenters. The van der Waals surface area contributed by atoms with Crippen molar-refractivity contribution < 1.29 is 24.2 Å². The molecule has 2 aliphatic heterocycles. The van der Waals surface area contributed by atoms with Gasteiger partial charge in [0.15, 0.2) is 0 Å². The molecule has 0 bridgehead atoms. The molecule has 2 aromatic rings. The number of rotatable bonds is 9. The van der Waals surface area contributed by atoms with Gasteiger partial charge in [-0.25, -0.2) is 0 Å². The molecule has 186 valence electrons. The first kappa shape index (κ1) is 24.8. The number of ketones is 1. The van der Waals surface area contributed by atoms with Gasteiger partial charge in [0.25, 0.3) is 11.7 Å². The van der Waals surface area contributed by atoms with Crippen LogP contribution >= 0.6 is 0 Å². The fourth-order valence-corrected chi connectivity index (χ4v) is 4.91. The van der Waals surface area contributed by atoms with Crippen molar-refractivity contribution in [2.24, 2.45) is 0 Å². The fourth-order valence-electron chi connectivity index (χ4n) is 4.91. The molecule has 0 radical (unpaired) electrons. The van der Waals surface area contributed by atoms with Crippen LogP contribution in [0.3, 0.4) is 0 Å². The zero-order valence-electron chi connectivity index (χ0n) is 20.9. The second-order valence-electron chi connectivity index (χ2n) is 8.98. The van der Waals surface area contributed by atoms with E-state index in [1.165, 1.54) is 0 Å². The van der Waals surface area contributed by atoms with E-state index in [0.29, 0.717) is 31.0 Å². The number of aliphatic hydroxyl groups is 1. The summed E-state index contributed by atoms with van der Waals surface area (Å²) in [5.41, 5.74) is 2.32. The SMILES string of the molecule is CCOc1cccc([C@H]2/C(=C(\O)c3ccc4c(c3)C[C@@H](C)O4)C(=O)C(=O)N2CCN(CC)CC)c1. The third kappa shape index (κ3) is 4.91. The molecule has 1 N–H and O–H groups in total. The number of carbonyl (C=O) groups is 2. The monoisotopic (exact) mass is 478 g/mol. The molecular formula is C28H34N2O5. The average Bonchev–Trinajstić information content (AvgIpc) is 3.35. The summed E-state index contributed by atoms with van der Waals surface area (Å²) in [5, 5.41) is 11.4. The van der Waals surface area contributed by atoms with Gasteiger partial charge in [0.1, 0.15) is 23.4 Å². The lowest BCUT2D eigenvalue weighted by molar-refractivity contribution is -0.140. The van der Waals surface area contributed by atoms with Crippen LogP contribution in [0.5, 0.6) is 11.5 Å². The van der Waals surface area contributed by atoms with Crippen LogP contribution in [0.1, 0.15) is 50.4 Å². The van der Waals surface area contributed by atoms with Crippen molar-refractivity contribution in [2.45, 2.75) is 46.3 Å². The second kappa shape index (κ2) is 10.5. The highest BCUT2D eigenvalue weighted by Gasteiger charge is 2.46. The summed E-state index contributed by atoms with van der Waals surface area (Å²) in [7, 11) is 0.